The second-order valence-electron chi connectivity index (χ2n) is 11.0. The van der Waals surface area contributed by atoms with E-state index >= 15 is 0 Å². The summed E-state index contributed by atoms with van der Waals surface area (Å²) in [6, 6.07) is 6.86. The third-order valence-corrected chi connectivity index (χ3v) is 7.05. The molecule has 5 rings (SSSR count). The average molecular weight is 612 g/mol. The lowest BCUT2D eigenvalue weighted by Crippen LogP contribution is -2.44. The molecule has 0 unspecified atom stereocenters. The van der Waals surface area contributed by atoms with Crippen LogP contribution in [-0.4, -0.2) is 57.1 Å². The van der Waals surface area contributed by atoms with Crippen molar-refractivity contribution in [3.8, 4) is 17.1 Å². The third-order valence-electron chi connectivity index (χ3n) is 7.05. The molecule has 2 aromatic heterocycles. The normalized spacial score (nSPS) is 16.2. The summed E-state index contributed by atoms with van der Waals surface area (Å²) in [7, 11) is 1.59. The van der Waals surface area contributed by atoms with Gasteiger partial charge in [0.1, 0.15) is 18.0 Å². The van der Waals surface area contributed by atoms with Crippen molar-refractivity contribution in [3.63, 3.8) is 0 Å². The number of fused-ring (bicyclic) bond motifs is 5. The second kappa shape index (κ2) is 13.6. The van der Waals surface area contributed by atoms with Crippen LogP contribution < -0.4 is 15.6 Å². The molecule has 0 amide bonds. The van der Waals surface area contributed by atoms with Crippen LogP contribution in [0.5, 0.6) is 5.75 Å². The van der Waals surface area contributed by atoms with Crippen molar-refractivity contribution >= 4 is 29.0 Å². The highest BCUT2D eigenvalue weighted by Crippen LogP contribution is 2.40. The summed E-state index contributed by atoms with van der Waals surface area (Å²) < 4.78 is 17.4. The monoisotopic (exact) mass is 611 g/mol. The van der Waals surface area contributed by atoms with Crippen molar-refractivity contribution < 1.29 is 38.8 Å². The molecule has 12 heteroatoms. The number of carbonyl (C=O) groups is 3. The minimum atomic E-state index is -1.87. The first-order valence-corrected chi connectivity index (χ1v) is 14.6. The topological polar surface area (TPSA) is 166 Å². The van der Waals surface area contributed by atoms with Crippen molar-refractivity contribution in [1.29, 1.82) is 0 Å². The van der Waals surface area contributed by atoms with E-state index in [9.17, 15) is 24.3 Å². The first kappa shape index (κ1) is 34.2. The number of ether oxygens (including phenoxy) is 3. The van der Waals surface area contributed by atoms with Gasteiger partial charge in [0.2, 0.25) is 0 Å². The highest BCUT2D eigenvalue weighted by molar-refractivity contribution is 5.90. The molecule has 12 nitrogen and oxygen atoms in total. The Morgan fingerprint density at radius 2 is 1.82 bits per heavy atom. The zero-order valence-electron chi connectivity index (χ0n) is 26.5. The largest absolute Gasteiger partial charge is 0.514 e. The Bertz CT molecular complexity index is 1640. The number of hydrogen-bond donors (Lipinski definition) is 3. The van der Waals surface area contributed by atoms with Crippen molar-refractivity contribution in [2.45, 2.75) is 85.7 Å². The fourth-order valence-electron chi connectivity index (χ4n) is 5.13. The molecule has 0 aliphatic carbocycles. The standard InChI is InChI=1S/C27H28N2O7.C3H7NO2.C2H6/c1-6-15-16-10-14(35-25(32)36-26(3,4)5)8-9-20(16)28-22-17(15)12-29-21(22)11-19-18(23(29)30)13-34-24(31)27(19,33)7-2;1-4-2-3(5)6;1-2/h8-11,33H,6-7,12-13H2,1-5H3;4H,2H2,1H3,(H,5,6);1-2H3/t27-;;/m0../s1. The maximum atomic E-state index is 13.4. The number of esters is 1. The highest BCUT2D eigenvalue weighted by Gasteiger charge is 2.45. The van der Waals surface area contributed by atoms with Crippen molar-refractivity contribution in [3.05, 3.63) is 56.9 Å². The van der Waals surface area contributed by atoms with Gasteiger partial charge in [-0.2, -0.15) is 0 Å². The van der Waals surface area contributed by atoms with E-state index in [-0.39, 0.29) is 36.3 Å². The van der Waals surface area contributed by atoms with E-state index in [1.165, 1.54) is 0 Å². The number of carboxylic acids is 1. The zero-order chi connectivity index (χ0) is 33.0. The van der Waals surface area contributed by atoms with Gasteiger partial charge in [0.15, 0.2) is 5.60 Å². The molecule has 238 valence electrons. The van der Waals surface area contributed by atoms with Gasteiger partial charge >= 0.3 is 18.1 Å². The molecule has 2 aliphatic heterocycles. The summed E-state index contributed by atoms with van der Waals surface area (Å²) in [5, 5.41) is 22.2. The molecule has 3 aromatic rings. The molecule has 0 spiro atoms. The average Bonchev–Trinajstić information content (AvgIpc) is 3.33. The number of carboxylic acid groups (broad SMARTS) is 1. The molecule has 1 aromatic carbocycles. The molecule has 2 aliphatic rings. The molecule has 44 heavy (non-hydrogen) atoms. The van der Waals surface area contributed by atoms with Gasteiger partial charge in [0.05, 0.1) is 35.6 Å². The minimum Gasteiger partial charge on any atom is -0.480 e. The van der Waals surface area contributed by atoms with E-state index in [1.54, 1.807) is 63.6 Å². The Morgan fingerprint density at radius 3 is 2.36 bits per heavy atom. The maximum absolute atomic E-state index is 13.4. The van der Waals surface area contributed by atoms with Crippen LogP contribution in [0.2, 0.25) is 0 Å². The SMILES string of the molecule is CC.CCc1c2c(nc3ccc(OC(=O)OC(C)(C)C)cc13)-c1cc3c(c(=O)n1C2)COC(=O)[C@]3(O)CC.CNCC(=O)O. The molecule has 4 heterocycles. The fraction of sp³-hybridized carbons (Fsp3) is 0.469. The number of likely N-dealkylation sites (N-methyl/N-ethyl adjacent to an activating group) is 1. The second-order valence-corrected chi connectivity index (χ2v) is 11.0. The Balaban J connectivity index is 0.000000593. The lowest BCUT2D eigenvalue weighted by Gasteiger charge is -2.31. The lowest BCUT2D eigenvalue weighted by molar-refractivity contribution is -0.172. The summed E-state index contributed by atoms with van der Waals surface area (Å²) >= 11 is 0. The van der Waals surface area contributed by atoms with E-state index < -0.39 is 29.3 Å². The number of carbonyl (C=O) groups excluding carboxylic acids is 2. The fourth-order valence-corrected chi connectivity index (χ4v) is 5.13. The van der Waals surface area contributed by atoms with Crippen molar-refractivity contribution in [2.24, 2.45) is 0 Å². The first-order chi connectivity index (χ1) is 20.7. The lowest BCUT2D eigenvalue weighted by atomic mass is 9.86. The molecule has 3 N–H and O–H groups in total. The Labute approximate surface area is 256 Å². The predicted molar refractivity (Wildman–Crippen MR) is 164 cm³/mol. The van der Waals surface area contributed by atoms with Gasteiger partial charge in [-0.3, -0.25) is 9.59 Å². The summed E-state index contributed by atoms with van der Waals surface area (Å²) in [4.78, 5) is 52.4. The van der Waals surface area contributed by atoms with Gasteiger partial charge in [-0.25, -0.2) is 14.6 Å². The van der Waals surface area contributed by atoms with Crippen LogP contribution in [0.4, 0.5) is 4.79 Å². The van der Waals surface area contributed by atoms with Crippen LogP contribution in [0.15, 0.2) is 29.1 Å². The van der Waals surface area contributed by atoms with E-state index in [2.05, 4.69) is 5.32 Å². The number of aliphatic carboxylic acids is 1. The molecule has 1 atom stereocenters. The first-order valence-electron chi connectivity index (χ1n) is 14.6. The molecule has 0 bridgehead atoms. The molecule has 0 radical (unpaired) electrons. The number of nitrogens with zero attached hydrogens (tertiary/aromatic N) is 2. The number of cyclic esters (lactones) is 1. The smallest absolute Gasteiger partial charge is 0.480 e. The molecule has 0 saturated heterocycles. The summed E-state index contributed by atoms with van der Waals surface area (Å²) in [5.41, 5.74) is 1.43. The van der Waals surface area contributed by atoms with E-state index in [1.807, 2.05) is 20.8 Å². The number of pyridine rings is 2. The minimum absolute atomic E-state index is 0.0417. The number of aliphatic hydroxyl groups is 1. The Morgan fingerprint density at radius 1 is 1.14 bits per heavy atom. The molecule has 0 saturated carbocycles. The summed E-state index contributed by atoms with van der Waals surface area (Å²) in [6.07, 6.45) is -0.0562. The van der Waals surface area contributed by atoms with Crippen molar-refractivity contribution in [1.82, 2.24) is 14.9 Å². The molecular weight excluding hydrogens is 570 g/mol. The van der Waals surface area contributed by atoms with Crippen LogP contribution in [0.25, 0.3) is 22.3 Å². The Hall–Kier alpha value is -4.29. The summed E-state index contributed by atoms with van der Waals surface area (Å²) in [6.45, 7) is 13.1. The van der Waals surface area contributed by atoms with Gasteiger partial charge in [0.25, 0.3) is 5.56 Å². The molecule has 0 fully saturated rings. The quantitative estimate of drug-likeness (QED) is 0.218. The van der Waals surface area contributed by atoms with E-state index in [4.69, 9.17) is 24.3 Å². The summed E-state index contributed by atoms with van der Waals surface area (Å²) in [5.74, 6) is -1.24. The zero-order valence-corrected chi connectivity index (χ0v) is 26.5. The van der Waals surface area contributed by atoms with Crippen molar-refractivity contribution in [2.75, 3.05) is 13.6 Å². The highest BCUT2D eigenvalue weighted by atomic mass is 16.7. The number of aryl methyl sites for hydroxylation is 1. The maximum Gasteiger partial charge on any atom is 0.514 e. The van der Waals surface area contributed by atoms with Gasteiger partial charge < -0.3 is 34.3 Å². The predicted octanol–water partition coefficient (Wildman–Crippen LogP) is 4.27. The van der Waals surface area contributed by atoms with Gasteiger partial charge in [-0.15, -0.1) is 0 Å². The number of aromatic nitrogens is 2. The van der Waals surface area contributed by atoms with Crippen LogP contribution in [0.1, 0.15) is 77.1 Å². The van der Waals surface area contributed by atoms with Crippen LogP contribution in [0, 0.1) is 0 Å². The van der Waals surface area contributed by atoms with E-state index in [0.717, 1.165) is 16.5 Å². The van der Waals surface area contributed by atoms with Gasteiger partial charge in [0, 0.05) is 16.5 Å². The van der Waals surface area contributed by atoms with Crippen LogP contribution in [-0.2, 0) is 44.2 Å². The van der Waals surface area contributed by atoms with Gasteiger partial charge in [-0.1, -0.05) is 27.7 Å². The van der Waals surface area contributed by atoms with Crippen LogP contribution >= 0.6 is 0 Å². The Kier molecular flexibility index (Phi) is 10.5. The van der Waals surface area contributed by atoms with E-state index in [0.29, 0.717) is 35.6 Å². The third kappa shape index (κ3) is 6.76. The molecular formula is C32H41N3O9. The number of hydrogen-bond acceptors (Lipinski definition) is 10. The number of nitrogens with one attached hydrogen (secondary N) is 1. The number of rotatable bonds is 5. The van der Waals surface area contributed by atoms with Gasteiger partial charge in [-0.05, 0) is 70.5 Å². The number of benzene rings is 1. The van der Waals surface area contributed by atoms with Crippen LogP contribution in [0.3, 0.4) is 0 Å².